The van der Waals surface area contributed by atoms with E-state index in [-0.39, 0.29) is 8.38 Å². The maximum absolute atomic E-state index is 5.06. The molecule has 2 radical (unpaired) electrons. The van der Waals surface area contributed by atoms with Crippen LogP contribution in [0, 0.1) is 0 Å². The molecule has 5 heteroatoms. The first-order valence-electron chi connectivity index (χ1n) is 3.09. The Bertz CT molecular complexity index is 59.6. The normalized spacial score (nSPS) is 10.8. The van der Waals surface area contributed by atoms with Crippen LogP contribution in [0.25, 0.3) is 0 Å². The fraction of sp³-hybridized carbons (Fsp3) is 1.00. The van der Waals surface area contributed by atoms with E-state index in [1.807, 2.05) is 13.8 Å². The molecule has 0 amide bonds. The molecule has 0 bridgehead atoms. The molecule has 0 aromatic rings. The van der Waals surface area contributed by atoms with Crippen molar-refractivity contribution in [3.8, 4) is 0 Å². The van der Waals surface area contributed by atoms with Crippen molar-refractivity contribution in [2.45, 2.75) is 20.3 Å². The molecule has 0 aliphatic carbocycles. The Morgan fingerprint density at radius 2 is 1.80 bits per heavy atom. The highest BCUT2D eigenvalue weighted by atomic mass is 79.9. The number of rotatable bonds is 6. The second-order valence-corrected chi connectivity index (χ2v) is 2.76. The molecule has 0 aliphatic heterocycles. The van der Waals surface area contributed by atoms with E-state index in [1.165, 1.54) is 0 Å². The Labute approximate surface area is 71.6 Å². The largest absolute Gasteiger partial charge is 0.358 e. The summed E-state index contributed by atoms with van der Waals surface area (Å²) in [5.74, 6) is 0. The molecule has 0 spiro atoms. The lowest BCUT2D eigenvalue weighted by atomic mass is 10.8. The molecule has 0 aliphatic rings. The van der Waals surface area contributed by atoms with Crippen LogP contribution in [0.3, 0.4) is 0 Å². The summed E-state index contributed by atoms with van der Waals surface area (Å²) in [6.45, 7) is 4.48. The molecule has 0 rings (SSSR count). The molecule has 10 heavy (non-hydrogen) atoms. The van der Waals surface area contributed by atoms with Crippen LogP contribution >= 0.6 is 15.3 Å². The average molecular weight is 227 g/mol. The topological polar surface area (TPSA) is 27.7 Å². The summed E-state index contributed by atoms with van der Waals surface area (Å²) in [5, 5.41) is 0. The Morgan fingerprint density at radius 1 is 1.30 bits per heavy atom. The molecular formula is C5H11BrO3Si. The van der Waals surface area contributed by atoms with Crippen LogP contribution in [0.5, 0.6) is 0 Å². The van der Waals surface area contributed by atoms with Crippen LogP contribution in [0.4, 0.5) is 0 Å². The molecular weight excluding hydrogens is 216 g/mol. The minimum Gasteiger partial charge on any atom is -0.358 e. The molecule has 0 saturated heterocycles. The molecule has 0 aromatic heterocycles. The first kappa shape index (κ1) is 10.6. The third-order valence-electron chi connectivity index (χ3n) is 0.746. The number of hydrogen-bond acceptors (Lipinski definition) is 3. The highest BCUT2D eigenvalue weighted by Crippen LogP contribution is 1.97. The van der Waals surface area contributed by atoms with Gasteiger partial charge in [0.05, 0.1) is 0 Å². The lowest BCUT2D eigenvalue weighted by Gasteiger charge is -2.14. The minimum absolute atomic E-state index is 0.220. The first-order chi connectivity index (χ1) is 4.85. The fourth-order valence-electron chi connectivity index (χ4n) is 0.425. The van der Waals surface area contributed by atoms with E-state index in [0.29, 0.717) is 13.2 Å². The van der Waals surface area contributed by atoms with Crippen molar-refractivity contribution in [2.75, 3.05) is 13.2 Å². The lowest BCUT2D eigenvalue weighted by molar-refractivity contribution is -0.242. The summed E-state index contributed by atoms with van der Waals surface area (Å²) in [6.07, 6.45) is 0. The van der Waals surface area contributed by atoms with E-state index in [0.717, 1.165) is 0 Å². The van der Waals surface area contributed by atoms with E-state index in [1.54, 1.807) is 0 Å². The summed E-state index contributed by atoms with van der Waals surface area (Å²) in [6, 6.07) is 0. The lowest BCUT2D eigenvalue weighted by Crippen LogP contribution is -2.21. The van der Waals surface area contributed by atoms with Crippen molar-refractivity contribution in [1.82, 2.24) is 0 Å². The average Bonchev–Trinajstić information content (AvgIpc) is 1.90. The Hall–Kier alpha value is 0.577. The van der Waals surface area contributed by atoms with Crippen LogP contribution in [-0.4, -0.2) is 28.1 Å². The quantitative estimate of drug-likeness (QED) is 0.388. The van der Waals surface area contributed by atoms with Gasteiger partial charge in [-0.05, 0) is 13.8 Å². The summed E-state index contributed by atoms with van der Waals surface area (Å²) in [5.41, 5.74) is 0. The van der Waals surface area contributed by atoms with Gasteiger partial charge in [-0.1, -0.05) is 15.3 Å². The fourth-order valence-corrected chi connectivity index (χ4v) is 1.09. The predicted octanol–water partition coefficient (Wildman–Crippen LogP) is 1.29. The highest BCUT2D eigenvalue weighted by Gasteiger charge is 2.05. The van der Waals surface area contributed by atoms with Crippen molar-refractivity contribution in [2.24, 2.45) is 0 Å². The Balaban J connectivity index is 3.30. The van der Waals surface area contributed by atoms with Gasteiger partial charge in [0.1, 0.15) is 0 Å². The van der Waals surface area contributed by atoms with Gasteiger partial charge in [-0.25, -0.2) is 0 Å². The van der Waals surface area contributed by atoms with Crippen LogP contribution in [-0.2, 0) is 13.9 Å². The highest BCUT2D eigenvalue weighted by molar-refractivity contribution is 9.23. The third kappa shape index (κ3) is 5.37. The molecule has 0 atom stereocenters. The van der Waals surface area contributed by atoms with Gasteiger partial charge >= 0.3 is 8.38 Å². The summed E-state index contributed by atoms with van der Waals surface area (Å²) < 4.78 is 15.1. The molecule has 60 valence electrons. The van der Waals surface area contributed by atoms with Crippen LogP contribution in [0.15, 0.2) is 0 Å². The molecule has 0 saturated carbocycles. The molecule has 3 nitrogen and oxygen atoms in total. The summed E-state index contributed by atoms with van der Waals surface area (Å²) in [7, 11) is 0.220. The van der Waals surface area contributed by atoms with Gasteiger partial charge < -0.3 is 13.9 Å². The van der Waals surface area contributed by atoms with Gasteiger partial charge in [-0.15, -0.1) is 0 Å². The van der Waals surface area contributed by atoms with E-state index < -0.39 is 6.48 Å². The summed E-state index contributed by atoms with van der Waals surface area (Å²) in [4.78, 5) is 0. The number of ether oxygens (including phenoxy) is 2. The standard InChI is InChI=1S/C5H11BrO3Si/c1-3-7-5(8-4-2)9-10-6/h5H,3-4H2,1-2H3. The van der Waals surface area contributed by atoms with Gasteiger partial charge in [-0.3, -0.25) is 0 Å². The second kappa shape index (κ2) is 7.68. The van der Waals surface area contributed by atoms with Crippen molar-refractivity contribution in [3.05, 3.63) is 0 Å². The zero-order valence-corrected chi connectivity index (χ0v) is 8.68. The van der Waals surface area contributed by atoms with Crippen LogP contribution in [0.1, 0.15) is 13.8 Å². The molecule has 0 heterocycles. The van der Waals surface area contributed by atoms with E-state index >= 15 is 0 Å². The zero-order valence-electron chi connectivity index (χ0n) is 6.09. The van der Waals surface area contributed by atoms with Crippen molar-refractivity contribution in [1.29, 1.82) is 0 Å². The second-order valence-electron chi connectivity index (χ2n) is 1.39. The van der Waals surface area contributed by atoms with Gasteiger partial charge in [0.2, 0.25) is 0 Å². The van der Waals surface area contributed by atoms with Gasteiger partial charge in [-0.2, -0.15) is 0 Å². The smallest absolute Gasteiger partial charge is 0.326 e. The predicted molar refractivity (Wildman–Crippen MR) is 42.8 cm³/mol. The monoisotopic (exact) mass is 226 g/mol. The number of halogens is 1. The maximum atomic E-state index is 5.06. The molecule has 0 unspecified atom stereocenters. The summed E-state index contributed by atoms with van der Waals surface area (Å²) >= 11 is 3.14. The first-order valence-corrected chi connectivity index (χ1v) is 6.26. The van der Waals surface area contributed by atoms with Crippen molar-refractivity contribution in [3.63, 3.8) is 0 Å². The SMILES string of the molecule is CCOC(OCC)O[Si]Br. The van der Waals surface area contributed by atoms with E-state index in [2.05, 4.69) is 15.3 Å². The van der Waals surface area contributed by atoms with Crippen molar-refractivity contribution < 1.29 is 13.9 Å². The van der Waals surface area contributed by atoms with Crippen LogP contribution in [0.2, 0.25) is 0 Å². The van der Waals surface area contributed by atoms with Gasteiger partial charge in [0.25, 0.3) is 6.48 Å². The Morgan fingerprint density at radius 3 is 2.10 bits per heavy atom. The van der Waals surface area contributed by atoms with Gasteiger partial charge in [0, 0.05) is 13.2 Å². The Kier molecular flexibility index (Phi) is 8.12. The van der Waals surface area contributed by atoms with E-state index in [9.17, 15) is 0 Å². The zero-order chi connectivity index (χ0) is 7.82. The van der Waals surface area contributed by atoms with Crippen molar-refractivity contribution >= 4 is 23.7 Å². The third-order valence-corrected chi connectivity index (χ3v) is 1.59. The van der Waals surface area contributed by atoms with E-state index in [4.69, 9.17) is 13.9 Å². The minimum atomic E-state index is -0.507. The molecule has 0 N–H and O–H groups in total. The van der Waals surface area contributed by atoms with Gasteiger partial charge in [0.15, 0.2) is 0 Å². The van der Waals surface area contributed by atoms with Crippen LogP contribution < -0.4 is 0 Å². The molecule has 0 fully saturated rings. The maximum Gasteiger partial charge on any atom is 0.326 e. The number of hydrogen-bond donors (Lipinski definition) is 0. The molecule has 0 aromatic carbocycles.